The van der Waals surface area contributed by atoms with E-state index in [4.69, 9.17) is 11.6 Å². The van der Waals surface area contributed by atoms with Crippen LogP contribution in [-0.2, 0) is 18.3 Å². The van der Waals surface area contributed by atoms with Crippen LogP contribution in [0.3, 0.4) is 0 Å². The Morgan fingerprint density at radius 3 is 2.90 bits per heavy atom. The summed E-state index contributed by atoms with van der Waals surface area (Å²) in [4.78, 5) is 12.3. The number of ketones is 1. The van der Waals surface area contributed by atoms with Crippen LogP contribution in [0.5, 0.6) is 0 Å². The third-order valence-corrected chi connectivity index (χ3v) is 4.81. The molecule has 2 unspecified atom stereocenters. The standard InChI is InChI=1S/C15H24ClN3O/c1-10(12-5-4-6-17-9-12)7-13(20)8-14-15(16)11(2)18-19(14)3/h10,12,17H,4-9H2,1-3H3. The van der Waals surface area contributed by atoms with Gasteiger partial charge in [0.1, 0.15) is 5.78 Å². The second-order valence-electron chi connectivity index (χ2n) is 5.97. The van der Waals surface area contributed by atoms with Crippen molar-refractivity contribution in [3.63, 3.8) is 0 Å². The van der Waals surface area contributed by atoms with E-state index >= 15 is 0 Å². The van der Waals surface area contributed by atoms with Gasteiger partial charge in [-0.1, -0.05) is 18.5 Å². The quantitative estimate of drug-likeness (QED) is 0.908. The molecule has 2 rings (SSSR count). The van der Waals surface area contributed by atoms with Gasteiger partial charge in [-0.15, -0.1) is 0 Å². The number of Topliss-reactive ketones (excluding diaryl/α,β-unsaturated/α-hetero) is 1. The maximum absolute atomic E-state index is 12.3. The van der Waals surface area contributed by atoms with Crippen molar-refractivity contribution in [1.29, 1.82) is 0 Å². The molecule has 1 aromatic heterocycles. The number of hydrogen-bond acceptors (Lipinski definition) is 3. The Kier molecular flexibility index (Phi) is 5.22. The molecule has 0 spiro atoms. The van der Waals surface area contributed by atoms with Gasteiger partial charge in [-0.3, -0.25) is 9.48 Å². The fourth-order valence-electron chi connectivity index (χ4n) is 3.02. The minimum Gasteiger partial charge on any atom is -0.316 e. The predicted octanol–water partition coefficient (Wildman–Crippen LogP) is 2.52. The van der Waals surface area contributed by atoms with Crippen LogP contribution in [-0.4, -0.2) is 28.7 Å². The summed E-state index contributed by atoms with van der Waals surface area (Å²) in [6.07, 6.45) is 3.47. The molecule has 5 heteroatoms. The molecule has 20 heavy (non-hydrogen) atoms. The number of rotatable bonds is 5. The number of nitrogens with zero attached hydrogens (tertiary/aromatic N) is 2. The lowest BCUT2D eigenvalue weighted by Gasteiger charge is -2.28. The van der Waals surface area contributed by atoms with Crippen molar-refractivity contribution in [3.05, 3.63) is 16.4 Å². The summed E-state index contributed by atoms with van der Waals surface area (Å²) in [5.41, 5.74) is 1.63. The maximum atomic E-state index is 12.3. The van der Waals surface area contributed by atoms with E-state index in [0.29, 0.717) is 29.7 Å². The zero-order valence-corrected chi connectivity index (χ0v) is 13.3. The first-order valence-corrected chi connectivity index (χ1v) is 7.77. The molecule has 1 aliphatic rings. The molecule has 0 bridgehead atoms. The van der Waals surface area contributed by atoms with Crippen LogP contribution in [0.1, 0.15) is 37.6 Å². The molecule has 1 aromatic rings. The second kappa shape index (κ2) is 6.72. The van der Waals surface area contributed by atoms with E-state index < -0.39 is 0 Å². The summed E-state index contributed by atoms with van der Waals surface area (Å²) >= 11 is 6.20. The lowest BCUT2D eigenvalue weighted by Crippen LogP contribution is -2.34. The molecular weight excluding hydrogens is 274 g/mol. The van der Waals surface area contributed by atoms with Crippen molar-refractivity contribution in [3.8, 4) is 0 Å². The van der Waals surface area contributed by atoms with E-state index in [9.17, 15) is 4.79 Å². The molecule has 0 aromatic carbocycles. The third kappa shape index (κ3) is 3.61. The van der Waals surface area contributed by atoms with Crippen molar-refractivity contribution >= 4 is 17.4 Å². The summed E-state index contributed by atoms with van der Waals surface area (Å²) in [5, 5.41) is 8.30. The van der Waals surface area contributed by atoms with Crippen LogP contribution in [0.15, 0.2) is 0 Å². The number of carbonyl (C=O) groups excluding carboxylic acids is 1. The first-order chi connectivity index (χ1) is 9.49. The van der Waals surface area contributed by atoms with Crippen LogP contribution >= 0.6 is 11.6 Å². The molecular formula is C15H24ClN3O. The van der Waals surface area contributed by atoms with Crippen molar-refractivity contribution in [2.75, 3.05) is 13.1 Å². The highest BCUT2D eigenvalue weighted by Gasteiger charge is 2.23. The maximum Gasteiger partial charge on any atom is 0.139 e. The van der Waals surface area contributed by atoms with E-state index in [2.05, 4.69) is 17.3 Å². The number of nitrogens with one attached hydrogen (secondary N) is 1. The molecule has 1 fully saturated rings. The molecule has 2 atom stereocenters. The summed E-state index contributed by atoms with van der Waals surface area (Å²) in [5.74, 6) is 1.31. The summed E-state index contributed by atoms with van der Waals surface area (Å²) < 4.78 is 1.72. The van der Waals surface area contributed by atoms with E-state index in [-0.39, 0.29) is 5.78 Å². The number of piperidine rings is 1. The van der Waals surface area contributed by atoms with E-state index in [1.807, 2.05) is 14.0 Å². The van der Waals surface area contributed by atoms with Crippen LogP contribution in [0, 0.1) is 18.8 Å². The average Bonchev–Trinajstić information content (AvgIpc) is 2.66. The number of aryl methyl sites for hydroxylation is 2. The number of hydrogen-bond donors (Lipinski definition) is 1. The Labute approximate surface area is 125 Å². The first kappa shape index (κ1) is 15.5. The van der Waals surface area contributed by atoms with Gasteiger partial charge in [0.25, 0.3) is 0 Å². The molecule has 2 heterocycles. The fraction of sp³-hybridized carbons (Fsp3) is 0.733. The van der Waals surface area contributed by atoms with Crippen LogP contribution in [0.4, 0.5) is 0 Å². The zero-order valence-electron chi connectivity index (χ0n) is 12.6. The summed E-state index contributed by atoms with van der Waals surface area (Å²) in [7, 11) is 1.84. The monoisotopic (exact) mass is 297 g/mol. The molecule has 0 saturated carbocycles. The number of carbonyl (C=O) groups is 1. The van der Waals surface area contributed by atoms with Gasteiger partial charge in [-0.2, -0.15) is 5.10 Å². The minimum absolute atomic E-state index is 0.257. The third-order valence-electron chi connectivity index (χ3n) is 4.32. The lowest BCUT2D eigenvalue weighted by atomic mass is 9.84. The van der Waals surface area contributed by atoms with Crippen molar-refractivity contribution in [1.82, 2.24) is 15.1 Å². The highest BCUT2D eigenvalue weighted by Crippen LogP contribution is 2.25. The van der Waals surface area contributed by atoms with Crippen LogP contribution < -0.4 is 5.32 Å². The molecule has 1 saturated heterocycles. The SMILES string of the molecule is Cc1nn(C)c(CC(=O)CC(C)C2CCCNC2)c1Cl. The average molecular weight is 298 g/mol. The Bertz CT molecular complexity index is 478. The molecule has 1 N–H and O–H groups in total. The molecule has 112 valence electrons. The van der Waals surface area contributed by atoms with Crippen molar-refractivity contribution in [2.45, 2.75) is 39.5 Å². The van der Waals surface area contributed by atoms with E-state index in [1.165, 1.54) is 12.8 Å². The highest BCUT2D eigenvalue weighted by molar-refractivity contribution is 6.32. The van der Waals surface area contributed by atoms with Gasteiger partial charge in [0.2, 0.25) is 0 Å². The number of halogens is 1. The highest BCUT2D eigenvalue weighted by atomic mass is 35.5. The zero-order chi connectivity index (χ0) is 14.7. The summed E-state index contributed by atoms with van der Waals surface area (Å²) in [6, 6.07) is 0. The molecule has 4 nitrogen and oxygen atoms in total. The van der Waals surface area contributed by atoms with Crippen molar-refractivity contribution < 1.29 is 4.79 Å². The fourth-order valence-corrected chi connectivity index (χ4v) is 3.25. The van der Waals surface area contributed by atoms with Crippen molar-refractivity contribution in [2.24, 2.45) is 18.9 Å². The Hall–Kier alpha value is -0.870. The predicted molar refractivity (Wildman–Crippen MR) is 81.0 cm³/mol. The van der Waals surface area contributed by atoms with Gasteiger partial charge >= 0.3 is 0 Å². The number of aromatic nitrogens is 2. The normalized spacial score (nSPS) is 20.9. The molecule has 1 aliphatic heterocycles. The Balaban J connectivity index is 1.91. The van der Waals surface area contributed by atoms with Gasteiger partial charge in [-0.25, -0.2) is 0 Å². The van der Waals surface area contributed by atoms with Crippen LogP contribution in [0.2, 0.25) is 5.02 Å². The Morgan fingerprint density at radius 2 is 2.35 bits per heavy atom. The smallest absolute Gasteiger partial charge is 0.139 e. The topological polar surface area (TPSA) is 46.9 Å². The summed E-state index contributed by atoms with van der Waals surface area (Å²) in [6.45, 7) is 6.21. The van der Waals surface area contributed by atoms with E-state index in [0.717, 1.165) is 24.5 Å². The Morgan fingerprint density at radius 1 is 1.60 bits per heavy atom. The van der Waals surface area contributed by atoms with Gasteiger partial charge in [0, 0.05) is 19.9 Å². The van der Waals surface area contributed by atoms with Crippen LogP contribution in [0.25, 0.3) is 0 Å². The molecule has 0 aliphatic carbocycles. The first-order valence-electron chi connectivity index (χ1n) is 7.39. The minimum atomic E-state index is 0.257. The van der Waals surface area contributed by atoms with Gasteiger partial charge < -0.3 is 5.32 Å². The van der Waals surface area contributed by atoms with E-state index in [1.54, 1.807) is 4.68 Å². The molecule has 0 radical (unpaired) electrons. The van der Waals surface area contributed by atoms with Gasteiger partial charge in [0.15, 0.2) is 0 Å². The molecule has 0 amide bonds. The van der Waals surface area contributed by atoms with Gasteiger partial charge in [0.05, 0.1) is 16.4 Å². The largest absolute Gasteiger partial charge is 0.316 e. The lowest BCUT2D eigenvalue weighted by molar-refractivity contribution is -0.119. The van der Waals surface area contributed by atoms with Gasteiger partial charge in [-0.05, 0) is 44.7 Å². The second-order valence-corrected chi connectivity index (χ2v) is 6.35.